The minimum Gasteiger partial charge on any atom is -0.468 e. The minimum atomic E-state index is -0.264. The number of carbonyl (C=O) groups excluding carboxylic acids is 1. The summed E-state index contributed by atoms with van der Waals surface area (Å²) < 4.78 is 4.76. The molecule has 0 amide bonds. The van der Waals surface area contributed by atoms with E-state index in [0.29, 0.717) is 6.42 Å². The van der Waals surface area contributed by atoms with Gasteiger partial charge in [0.05, 0.1) is 19.2 Å². The van der Waals surface area contributed by atoms with Crippen LogP contribution in [0.15, 0.2) is 0 Å². The monoisotopic (exact) mass is 210 g/mol. The van der Waals surface area contributed by atoms with Crippen LogP contribution in [0.3, 0.4) is 0 Å². The predicted octanol–water partition coefficient (Wildman–Crippen LogP) is 1.31. The van der Waals surface area contributed by atoms with Gasteiger partial charge < -0.3 is 4.74 Å². The Bertz CT molecular complexity index is 288. The molecule has 0 spiro atoms. The molecule has 1 fully saturated rings. The van der Waals surface area contributed by atoms with Crippen LogP contribution in [0, 0.1) is 11.3 Å². The fourth-order valence-corrected chi connectivity index (χ4v) is 2.24. The maximum Gasteiger partial charge on any atom is 0.323 e. The van der Waals surface area contributed by atoms with Crippen LogP contribution >= 0.6 is 0 Å². The smallest absolute Gasteiger partial charge is 0.323 e. The average Bonchev–Trinajstić information content (AvgIpc) is 2.59. The van der Waals surface area contributed by atoms with Crippen molar-refractivity contribution in [2.45, 2.75) is 51.2 Å². The van der Waals surface area contributed by atoms with E-state index in [9.17, 15) is 4.79 Å². The third-order valence-electron chi connectivity index (χ3n) is 2.78. The Morgan fingerprint density at radius 1 is 1.47 bits per heavy atom. The van der Waals surface area contributed by atoms with Gasteiger partial charge in [-0.1, -0.05) is 0 Å². The zero-order valence-electron chi connectivity index (χ0n) is 9.78. The molecule has 0 N–H and O–H groups in total. The molecule has 0 aliphatic carbocycles. The molecule has 2 unspecified atom stereocenters. The predicted molar refractivity (Wildman–Crippen MR) is 56.0 cm³/mol. The SMILES string of the molecule is COC(=O)C1CCC(C#N)N1C(C)(C)C. The summed E-state index contributed by atoms with van der Waals surface area (Å²) in [6.07, 6.45) is 1.45. The highest BCUT2D eigenvalue weighted by atomic mass is 16.5. The number of methoxy groups -OCH3 is 1. The van der Waals surface area contributed by atoms with E-state index in [1.165, 1.54) is 7.11 Å². The summed E-state index contributed by atoms with van der Waals surface area (Å²) in [6.45, 7) is 6.04. The molecule has 4 nitrogen and oxygen atoms in total. The number of hydrogen-bond acceptors (Lipinski definition) is 4. The normalized spacial score (nSPS) is 27.4. The van der Waals surface area contributed by atoms with Crippen molar-refractivity contribution < 1.29 is 9.53 Å². The summed E-state index contributed by atoms with van der Waals surface area (Å²) in [5, 5.41) is 9.03. The van der Waals surface area contributed by atoms with E-state index < -0.39 is 0 Å². The lowest BCUT2D eigenvalue weighted by Crippen LogP contribution is -2.51. The van der Waals surface area contributed by atoms with Gasteiger partial charge in [0.2, 0.25) is 0 Å². The lowest BCUT2D eigenvalue weighted by atomic mass is 10.0. The van der Waals surface area contributed by atoms with Crippen LogP contribution in [-0.4, -0.2) is 35.6 Å². The van der Waals surface area contributed by atoms with E-state index in [1.807, 2.05) is 25.7 Å². The van der Waals surface area contributed by atoms with Crippen molar-refractivity contribution >= 4 is 5.97 Å². The van der Waals surface area contributed by atoms with Crippen LogP contribution in [0.1, 0.15) is 33.6 Å². The molecule has 1 aliphatic rings. The van der Waals surface area contributed by atoms with E-state index in [2.05, 4.69) is 6.07 Å². The maximum absolute atomic E-state index is 11.6. The Balaban J connectivity index is 2.92. The first kappa shape index (κ1) is 12.0. The van der Waals surface area contributed by atoms with Crippen molar-refractivity contribution in [2.75, 3.05) is 7.11 Å². The highest BCUT2D eigenvalue weighted by molar-refractivity contribution is 5.76. The molecule has 1 heterocycles. The molecule has 15 heavy (non-hydrogen) atoms. The highest BCUT2D eigenvalue weighted by Crippen LogP contribution is 2.31. The number of nitrogens with zero attached hydrogens (tertiary/aromatic N) is 2. The number of esters is 1. The molecule has 0 aromatic heterocycles. The topological polar surface area (TPSA) is 53.3 Å². The van der Waals surface area contributed by atoms with E-state index in [0.717, 1.165) is 6.42 Å². The van der Waals surface area contributed by atoms with E-state index >= 15 is 0 Å². The van der Waals surface area contributed by atoms with Gasteiger partial charge in [0.25, 0.3) is 0 Å². The lowest BCUT2D eigenvalue weighted by molar-refractivity contribution is -0.148. The van der Waals surface area contributed by atoms with Gasteiger partial charge in [-0.05, 0) is 33.6 Å². The standard InChI is InChI=1S/C11H18N2O2/c1-11(2,3)13-8(7-12)5-6-9(13)10(14)15-4/h8-9H,5-6H2,1-4H3. The van der Waals surface area contributed by atoms with Crippen LogP contribution in [0.25, 0.3) is 0 Å². The molecule has 0 radical (unpaired) electrons. The maximum atomic E-state index is 11.6. The summed E-state index contributed by atoms with van der Waals surface area (Å²) in [5.74, 6) is -0.234. The summed E-state index contributed by atoms with van der Waals surface area (Å²) in [5.41, 5.74) is -0.185. The third kappa shape index (κ3) is 2.29. The Morgan fingerprint density at radius 2 is 2.07 bits per heavy atom. The van der Waals surface area contributed by atoms with Gasteiger partial charge in [0.1, 0.15) is 6.04 Å². The van der Waals surface area contributed by atoms with Crippen LogP contribution in [0.5, 0.6) is 0 Å². The number of hydrogen-bond donors (Lipinski definition) is 0. The third-order valence-corrected chi connectivity index (χ3v) is 2.78. The summed E-state index contributed by atoms with van der Waals surface area (Å²) in [7, 11) is 1.39. The number of carbonyl (C=O) groups is 1. The quantitative estimate of drug-likeness (QED) is 0.612. The molecular weight excluding hydrogens is 192 g/mol. The molecule has 4 heteroatoms. The van der Waals surface area contributed by atoms with Crippen molar-refractivity contribution in [3.05, 3.63) is 0 Å². The van der Waals surface area contributed by atoms with Crippen LogP contribution < -0.4 is 0 Å². The number of likely N-dealkylation sites (tertiary alicyclic amines) is 1. The van der Waals surface area contributed by atoms with E-state index in [1.54, 1.807) is 0 Å². The Labute approximate surface area is 90.8 Å². The first-order valence-electron chi connectivity index (χ1n) is 5.17. The second-order valence-electron chi connectivity index (χ2n) is 4.84. The number of ether oxygens (including phenoxy) is 1. The molecule has 0 aromatic carbocycles. The largest absolute Gasteiger partial charge is 0.468 e. The molecule has 0 bridgehead atoms. The van der Waals surface area contributed by atoms with E-state index in [4.69, 9.17) is 10.00 Å². The lowest BCUT2D eigenvalue weighted by Gasteiger charge is -2.37. The van der Waals surface area contributed by atoms with Crippen molar-refractivity contribution in [1.82, 2.24) is 4.90 Å². The molecule has 2 atom stereocenters. The average molecular weight is 210 g/mol. The van der Waals surface area contributed by atoms with Gasteiger partial charge in [0.15, 0.2) is 0 Å². The molecule has 1 saturated heterocycles. The first-order valence-corrected chi connectivity index (χ1v) is 5.17. The zero-order chi connectivity index (χ0) is 11.6. The van der Waals surface area contributed by atoms with Crippen LogP contribution in [0.4, 0.5) is 0 Å². The molecule has 84 valence electrons. The highest BCUT2D eigenvalue weighted by Gasteiger charge is 2.44. The summed E-state index contributed by atoms with van der Waals surface area (Å²) in [4.78, 5) is 13.5. The number of rotatable bonds is 1. The fourth-order valence-electron chi connectivity index (χ4n) is 2.24. The number of nitriles is 1. The van der Waals surface area contributed by atoms with Crippen LogP contribution in [-0.2, 0) is 9.53 Å². The minimum absolute atomic E-state index is 0.172. The first-order chi connectivity index (χ1) is 6.91. The molecule has 1 rings (SSSR count). The van der Waals surface area contributed by atoms with E-state index in [-0.39, 0.29) is 23.6 Å². The Hall–Kier alpha value is -1.08. The molecule has 0 saturated carbocycles. The molecule has 0 aromatic rings. The van der Waals surface area contributed by atoms with Crippen LogP contribution in [0.2, 0.25) is 0 Å². The summed E-state index contributed by atoms with van der Waals surface area (Å²) in [6, 6.07) is 1.81. The van der Waals surface area contributed by atoms with Gasteiger partial charge in [-0.25, -0.2) is 0 Å². The van der Waals surface area contributed by atoms with Crippen molar-refractivity contribution in [1.29, 1.82) is 5.26 Å². The Morgan fingerprint density at radius 3 is 2.47 bits per heavy atom. The molecular formula is C11H18N2O2. The Kier molecular flexibility index (Phi) is 3.35. The summed E-state index contributed by atoms with van der Waals surface area (Å²) >= 11 is 0. The van der Waals surface area contributed by atoms with Gasteiger partial charge in [-0.2, -0.15) is 5.26 Å². The van der Waals surface area contributed by atoms with Gasteiger partial charge in [-0.3, -0.25) is 9.69 Å². The van der Waals surface area contributed by atoms with Gasteiger partial charge in [0, 0.05) is 5.54 Å². The van der Waals surface area contributed by atoms with Crippen molar-refractivity contribution in [3.8, 4) is 6.07 Å². The fraction of sp³-hybridized carbons (Fsp3) is 0.818. The van der Waals surface area contributed by atoms with Gasteiger partial charge >= 0.3 is 5.97 Å². The van der Waals surface area contributed by atoms with Crippen molar-refractivity contribution in [3.63, 3.8) is 0 Å². The zero-order valence-corrected chi connectivity index (χ0v) is 9.78. The molecule has 1 aliphatic heterocycles. The second kappa shape index (κ2) is 4.19. The van der Waals surface area contributed by atoms with Crippen molar-refractivity contribution in [2.24, 2.45) is 0 Å². The second-order valence-corrected chi connectivity index (χ2v) is 4.84. The van der Waals surface area contributed by atoms with Gasteiger partial charge in [-0.15, -0.1) is 0 Å².